The molecule has 0 N–H and O–H groups in total. The minimum absolute atomic E-state index is 0.388. The summed E-state index contributed by atoms with van der Waals surface area (Å²) in [5, 5.41) is 0. The molecule has 0 aromatic rings. The molecule has 0 spiro atoms. The van der Waals surface area contributed by atoms with Gasteiger partial charge in [-0.05, 0) is 32.2 Å². The first-order chi connectivity index (χ1) is 7.27. The van der Waals surface area contributed by atoms with Crippen LogP contribution in [-0.4, -0.2) is 48.6 Å². The van der Waals surface area contributed by atoms with Gasteiger partial charge in [0.15, 0.2) is 0 Å². The lowest BCUT2D eigenvalue weighted by molar-refractivity contribution is 0.0212. The Labute approximate surface area is 102 Å². The summed E-state index contributed by atoms with van der Waals surface area (Å²) in [6.45, 7) is 16.8. The number of nitrogens with zero attached hydrogens (tertiary/aromatic N) is 2. The van der Waals surface area contributed by atoms with Gasteiger partial charge in [-0.25, -0.2) is 0 Å². The molecular weight excluding hydrogens is 196 g/mol. The van der Waals surface area contributed by atoms with Crippen LogP contribution in [0, 0.1) is 5.41 Å². The zero-order valence-corrected chi connectivity index (χ0v) is 12.1. The molecule has 0 aliphatic carbocycles. The second-order valence-electron chi connectivity index (χ2n) is 6.88. The van der Waals surface area contributed by atoms with E-state index in [4.69, 9.17) is 0 Å². The first-order valence-electron chi connectivity index (χ1n) is 6.70. The zero-order valence-electron chi connectivity index (χ0n) is 12.1. The predicted octanol–water partition coefficient (Wildman–Crippen LogP) is 2.84. The second-order valence-corrected chi connectivity index (χ2v) is 6.88. The van der Waals surface area contributed by atoms with Crippen LogP contribution in [0.1, 0.15) is 47.5 Å². The third-order valence-corrected chi connectivity index (χ3v) is 3.94. The molecule has 2 nitrogen and oxygen atoms in total. The predicted molar refractivity (Wildman–Crippen MR) is 71.8 cm³/mol. The molecule has 0 amide bonds. The van der Waals surface area contributed by atoms with Gasteiger partial charge in [0.05, 0.1) is 0 Å². The topological polar surface area (TPSA) is 6.48 Å². The van der Waals surface area contributed by atoms with E-state index in [9.17, 15) is 0 Å². The third kappa shape index (κ3) is 3.74. The number of likely N-dealkylation sites (N-methyl/N-ethyl adjacent to an activating group) is 1. The first kappa shape index (κ1) is 14.0. The molecule has 0 aromatic carbocycles. The van der Waals surface area contributed by atoms with Crippen LogP contribution < -0.4 is 0 Å². The molecule has 0 radical (unpaired) electrons. The van der Waals surface area contributed by atoms with Crippen molar-refractivity contribution >= 4 is 0 Å². The van der Waals surface area contributed by atoms with Gasteiger partial charge < -0.3 is 4.90 Å². The van der Waals surface area contributed by atoms with Gasteiger partial charge in [-0.15, -0.1) is 0 Å². The van der Waals surface area contributed by atoms with Crippen LogP contribution >= 0.6 is 0 Å². The van der Waals surface area contributed by atoms with Crippen molar-refractivity contribution < 1.29 is 0 Å². The SMILES string of the molecule is CCC(C)(CC(C)(C)C)N1CCN(C)CC1. The number of rotatable bonds is 3. The third-order valence-electron chi connectivity index (χ3n) is 3.94. The van der Waals surface area contributed by atoms with Gasteiger partial charge in [-0.3, -0.25) is 4.90 Å². The van der Waals surface area contributed by atoms with Crippen molar-refractivity contribution in [3.63, 3.8) is 0 Å². The number of hydrogen-bond donors (Lipinski definition) is 0. The normalized spacial score (nSPS) is 24.4. The largest absolute Gasteiger partial charge is 0.304 e. The van der Waals surface area contributed by atoms with Crippen LogP contribution in [0.4, 0.5) is 0 Å². The highest BCUT2D eigenvalue weighted by Crippen LogP contribution is 2.34. The molecule has 96 valence electrons. The van der Waals surface area contributed by atoms with Crippen molar-refractivity contribution in [1.82, 2.24) is 9.80 Å². The van der Waals surface area contributed by atoms with E-state index < -0.39 is 0 Å². The molecule has 0 bridgehead atoms. The zero-order chi connectivity index (χ0) is 12.4. The smallest absolute Gasteiger partial charge is 0.0184 e. The molecule has 1 fully saturated rings. The summed E-state index contributed by atoms with van der Waals surface area (Å²) >= 11 is 0. The van der Waals surface area contributed by atoms with E-state index in [1.54, 1.807) is 0 Å². The highest BCUT2D eigenvalue weighted by Gasteiger charge is 2.35. The Morgan fingerprint density at radius 1 is 0.938 bits per heavy atom. The fourth-order valence-corrected chi connectivity index (χ4v) is 2.95. The molecule has 0 aromatic heterocycles. The Morgan fingerprint density at radius 2 is 1.44 bits per heavy atom. The fraction of sp³-hybridized carbons (Fsp3) is 1.00. The monoisotopic (exact) mass is 226 g/mol. The summed E-state index contributed by atoms with van der Waals surface area (Å²) in [6.07, 6.45) is 2.55. The van der Waals surface area contributed by atoms with E-state index in [1.807, 2.05) is 0 Å². The summed E-state index contributed by atoms with van der Waals surface area (Å²) in [4.78, 5) is 5.14. The van der Waals surface area contributed by atoms with Gasteiger partial charge in [0, 0.05) is 31.7 Å². The molecule has 1 unspecified atom stereocenters. The highest BCUT2D eigenvalue weighted by molar-refractivity contribution is 4.91. The number of piperazine rings is 1. The average molecular weight is 226 g/mol. The van der Waals surface area contributed by atoms with E-state index in [1.165, 1.54) is 39.0 Å². The Morgan fingerprint density at radius 3 is 1.81 bits per heavy atom. The lowest BCUT2D eigenvalue weighted by Gasteiger charge is -2.47. The van der Waals surface area contributed by atoms with E-state index in [0.717, 1.165) is 0 Å². The molecule has 2 heteroatoms. The van der Waals surface area contributed by atoms with Crippen molar-refractivity contribution in [2.75, 3.05) is 33.2 Å². The first-order valence-corrected chi connectivity index (χ1v) is 6.70. The lowest BCUT2D eigenvalue weighted by Crippen LogP contribution is -2.55. The maximum absolute atomic E-state index is 2.71. The van der Waals surface area contributed by atoms with Gasteiger partial charge in [-0.2, -0.15) is 0 Å². The molecule has 1 rings (SSSR count). The van der Waals surface area contributed by atoms with Crippen molar-refractivity contribution in [2.45, 2.75) is 53.0 Å². The van der Waals surface area contributed by atoms with E-state index >= 15 is 0 Å². The van der Waals surface area contributed by atoms with Crippen LogP contribution in [0.5, 0.6) is 0 Å². The highest BCUT2D eigenvalue weighted by atomic mass is 15.3. The van der Waals surface area contributed by atoms with Gasteiger partial charge >= 0.3 is 0 Å². The molecule has 0 saturated carbocycles. The lowest BCUT2D eigenvalue weighted by atomic mass is 9.78. The molecule has 1 atom stereocenters. The molecule has 16 heavy (non-hydrogen) atoms. The Bertz CT molecular complexity index is 211. The number of hydrogen-bond acceptors (Lipinski definition) is 2. The van der Waals surface area contributed by atoms with Crippen molar-refractivity contribution in [2.24, 2.45) is 5.41 Å². The van der Waals surface area contributed by atoms with Crippen molar-refractivity contribution in [1.29, 1.82) is 0 Å². The van der Waals surface area contributed by atoms with Gasteiger partial charge in [0.25, 0.3) is 0 Å². The van der Waals surface area contributed by atoms with Crippen LogP contribution in [0.25, 0.3) is 0 Å². The van der Waals surface area contributed by atoms with Crippen molar-refractivity contribution in [3.05, 3.63) is 0 Å². The van der Waals surface area contributed by atoms with E-state index in [0.29, 0.717) is 11.0 Å². The summed E-state index contributed by atoms with van der Waals surface area (Å²) in [6, 6.07) is 0. The summed E-state index contributed by atoms with van der Waals surface area (Å²) in [5.74, 6) is 0. The summed E-state index contributed by atoms with van der Waals surface area (Å²) < 4.78 is 0. The maximum Gasteiger partial charge on any atom is 0.0184 e. The molecule has 1 heterocycles. The standard InChI is InChI=1S/C14H30N2/c1-7-14(5,12-13(2,3)4)16-10-8-15(6)9-11-16/h7-12H2,1-6H3. The molecule has 1 aliphatic heterocycles. The van der Waals surface area contributed by atoms with Gasteiger partial charge in [-0.1, -0.05) is 27.7 Å². The molecule has 1 aliphatic rings. The van der Waals surface area contributed by atoms with Crippen molar-refractivity contribution in [3.8, 4) is 0 Å². The quantitative estimate of drug-likeness (QED) is 0.730. The minimum Gasteiger partial charge on any atom is -0.304 e. The summed E-state index contributed by atoms with van der Waals surface area (Å²) in [5.41, 5.74) is 0.813. The van der Waals surface area contributed by atoms with Gasteiger partial charge in [0.2, 0.25) is 0 Å². The minimum atomic E-state index is 0.388. The Hall–Kier alpha value is -0.0800. The maximum atomic E-state index is 2.71. The van der Waals surface area contributed by atoms with E-state index in [-0.39, 0.29) is 0 Å². The van der Waals surface area contributed by atoms with Crippen LogP contribution in [0.15, 0.2) is 0 Å². The van der Waals surface area contributed by atoms with Crippen LogP contribution in [0.2, 0.25) is 0 Å². The molecule has 1 saturated heterocycles. The van der Waals surface area contributed by atoms with Crippen LogP contribution in [-0.2, 0) is 0 Å². The van der Waals surface area contributed by atoms with Gasteiger partial charge in [0.1, 0.15) is 0 Å². The Balaban J connectivity index is 2.65. The average Bonchev–Trinajstić information content (AvgIpc) is 2.16. The molecular formula is C14H30N2. The second kappa shape index (κ2) is 5.05. The summed E-state index contributed by atoms with van der Waals surface area (Å²) in [7, 11) is 2.23. The van der Waals surface area contributed by atoms with Crippen LogP contribution in [0.3, 0.4) is 0 Å². The Kier molecular flexibility index (Phi) is 4.42. The van der Waals surface area contributed by atoms with E-state index in [2.05, 4.69) is 51.5 Å². The fourth-order valence-electron chi connectivity index (χ4n) is 2.95.